The number of hydrogen-bond donors (Lipinski definition) is 1. The van der Waals surface area contributed by atoms with Crippen LogP contribution in [0.15, 0.2) is 84.0 Å². The zero-order chi connectivity index (χ0) is 26.4. The number of esters is 1. The SMILES string of the molecule is COc1ccc(C(=O)Oc2ccc3ccccc3c2/C=N/NC(=O)c2cccc([N+](=O)[O-])c2)cc1OC. The van der Waals surface area contributed by atoms with Crippen LogP contribution in [0.25, 0.3) is 10.8 Å². The van der Waals surface area contributed by atoms with Crippen molar-refractivity contribution in [1.82, 2.24) is 5.43 Å². The normalized spacial score (nSPS) is 10.8. The molecule has 0 aliphatic heterocycles. The zero-order valence-electron chi connectivity index (χ0n) is 19.8. The van der Waals surface area contributed by atoms with Gasteiger partial charge in [-0.3, -0.25) is 14.9 Å². The second kappa shape index (κ2) is 11.0. The predicted molar refractivity (Wildman–Crippen MR) is 137 cm³/mol. The number of benzene rings is 4. The number of non-ortho nitro benzene ring substituents is 1. The molecule has 1 amide bonds. The summed E-state index contributed by atoms with van der Waals surface area (Å²) >= 11 is 0. The first-order valence-electron chi connectivity index (χ1n) is 10.9. The molecule has 4 rings (SSSR count). The highest BCUT2D eigenvalue weighted by Crippen LogP contribution is 2.30. The van der Waals surface area contributed by atoms with Crippen LogP contribution in [0.1, 0.15) is 26.3 Å². The highest BCUT2D eigenvalue weighted by Gasteiger charge is 2.16. The molecule has 0 radical (unpaired) electrons. The molecule has 10 nitrogen and oxygen atoms in total. The van der Waals surface area contributed by atoms with Gasteiger partial charge in [-0.25, -0.2) is 10.2 Å². The van der Waals surface area contributed by atoms with Gasteiger partial charge in [0.05, 0.1) is 30.9 Å². The summed E-state index contributed by atoms with van der Waals surface area (Å²) in [4.78, 5) is 35.8. The Kier molecular flexibility index (Phi) is 7.39. The van der Waals surface area contributed by atoms with E-state index in [-0.39, 0.29) is 22.6 Å². The summed E-state index contributed by atoms with van der Waals surface area (Å²) in [6.07, 6.45) is 1.36. The van der Waals surface area contributed by atoms with Crippen LogP contribution in [0.2, 0.25) is 0 Å². The van der Waals surface area contributed by atoms with E-state index in [2.05, 4.69) is 10.5 Å². The molecular weight excluding hydrogens is 478 g/mol. The maximum absolute atomic E-state index is 12.9. The minimum Gasteiger partial charge on any atom is -0.493 e. The van der Waals surface area contributed by atoms with Crippen LogP contribution in [0, 0.1) is 10.1 Å². The fourth-order valence-electron chi connectivity index (χ4n) is 3.60. The van der Waals surface area contributed by atoms with Gasteiger partial charge in [0.2, 0.25) is 0 Å². The molecular formula is C27H21N3O7. The molecule has 0 aromatic heterocycles. The lowest BCUT2D eigenvalue weighted by molar-refractivity contribution is -0.384. The number of nitro groups is 1. The molecule has 0 atom stereocenters. The van der Waals surface area contributed by atoms with E-state index < -0.39 is 16.8 Å². The van der Waals surface area contributed by atoms with Crippen molar-refractivity contribution < 1.29 is 28.7 Å². The van der Waals surface area contributed by atoms with Crippen molar-refractivity contribution >= 4 is 34.6 Å². The summed E-state index contributed by atoms with van der Waals surface area (Å²) in [6, 6.07) is 20.8. The topological polar surface area (TPSA) is 129 Å². The van der Waals surface area contributed by atoms with Gasteiger partial charge in [-0.2, -0.15) is 5.10 Å². The van der Waals surface area contributed by atoms with Gasteiger partial charge in [0.1, 0.15) is 5.75 Å². The third kappa shape index (κ3) is 5.54. The largest absolute Gasteiger partial charge is 0.493 e. The van der Waals surface area contributed by atoms with Crippen LogP contribution in [0.3, 0.4) is 0 Å². The number of ether oxygens (including phenoxy) is 3. The second-order valence-corrected chi connectivity index (χ2v) is 7.66. The van der Waals surface area contributed by atoms with Crippen molar-refractivity contribution in [3.63, 3.8) is 0 Å². The number of rotatable bonds is 8. The van der Waals surface area contributed by atoms with Crippen LogP contribution < -0.4 is 19.6 Å². The van der Waals surface area contributed by atoms with E-state index in [1.54, 1.807) is 24.3 Å². The van der Waals surface area contributed by atoms with Crippen molar-refractivity contribution in [2.75, 3.05) is 14.2 Å². The quantitative estimate of drug-likeness (QED) is 0.122. The van der Waals surface area contributed by atoms with E-state index in [9.17, 15) is 19.7 Å². The van der Waals surface area contributed by atoms with Gasteiger partial charge in [-0.1, -0.05) is 36.4 Å². The lowest BCUT2D eigenvalue weighted by Gasteiger charge is -2.12. The number of fused-ring (bicyclic) bond motifs is 1. The Labute approximate surface area is 211 Å². The van der Waals surface area contributed by atoms with Gasteiger partial charge in [0.15, 0.2) is 11.5 Å². The highest BCUT2D eigenvalue weighted by molar-refractivity contribution is 6.04. The van der Waals surface area contributed by atoms with Crippen molar-refractivity contribution in [3.8, 4) is 17.2 Å². The van der Waals surface area contributed by atoms with E-state index in [1.807, 2.05) is 24.3 Å². The first kappa shape index (κ1) is 24.9. The average Bonchev–Trinajstić information content (AvgIpc) is 2.93. The molecule has 4 aromatic rings. The minimum atomic E-state index is -0.635. The molecule has 10 heteroatoms. The average molecular weight is 499 g/mol. The third-order valence-corrected chi connectivity index (χ3v) is 5.43. The number of nitrogens with zero attached hydrogens (tertiary/aromatic N) is 2. The Balaban J connectivity index is 1.62. The fraction of sp³-hybridized carbons (Fsp3) is 0.0741. The highest BCUT2D eigenvalue weighted by atomic mass is 16.6. The lowest BCUT2D eigenvalue weighted by Crippen LogP contribution is -2.18. The number of amides is 1. The first-order valence-corrected chi connectivity index (χ1v) is 10.9. The number of hydrazone groups is 1. The van der Waals surface area contributed by atoms with Crippen LogP contribution >= 0.6 is 0 Å². The molecule has 0 spiro atoms. The zero-order valence-corrected chi connectivity index (χ0v) is 19.8. The fourth-order valence-corrected chi connectivity index (χ4v) is 3.60. The molecule has 37 heavy (non-hydrogen) atoms. The molecule has 4 aromatic carbocycles. The monoisotopic (exact) mass is 499 g/mol. The third-order valence-electron chi connectivity index (χ3n) is 5.43. The van der Waals surface area contributed by atoms with Gasteiger partial charge >= 0.3 is 5.97 Å². The number of carbonyl (C=O) groups excluding carboxylic acids is 2. The Morgan fingerprint density at radius 2 is 1.62 bits per heavy atom. The van der Waals surface area contributed by atoms with Crippen LogP contribution in [0.4, 0.5) is 5.69 Å². The van der Waals surface area contributed by atoms with Crippen molar-refractivity contribution in [1.29, 1.82) is 0 Å². The van der Waals surface area contributed by atoms with Crippen LogP contribution in [-0.4, -0.2) is 37.2 Å². The minimum absolute atomic E-state index is 0.0735. The van der Waals surface area contributed by atoms with Crippen LogP contribution in [0.5, 0.6) is 17.2 Å². The second-order valence-electron chi connectivity index (χ2n) is 7.66. The lowest BCUT2D eigenvalue weighted by atomic mass is 10.0. The maximum atomic E-state index is 12.9. The summed E-state index contributed by atoms with van der Waals surface area (Å²) in [7, 11) is 2.96. The standard InChI is InChI=1S/C27H21N3O7/c1-35-24-13-11-19(15-25(24)36-2)27(32)37-23-12-10-17-6-3-4-9-21(17)22(23)16-28-29-26(31)18-7-5-8-20(14-18)30(33)34/h3-16H,1-2H3,(H,29,31)/b28-16+. The number of carbonyl (C=O) groups is 2. The van der Waals surface area contributed by atoms with Crippen molar-refractivity contribution in [2.24, 2.45) is 5.10 Å². The number of hydrogen-bond acceptors (Lipinski definition) is 8. The Hall–Kier alpha value is -5.25. The van der Waals surface area contributed by atoms with Gasteiger partial charge < -0.3 is 14.2 Å². The summed E-state index contributed by atoms with van der Waals surface area (Å²) < 4.78 is 16.2. The van der Waals surface area contributed by atoms with Gasteiger partial charge in [-0.15, -0.1) is 0 Å². The van der Waals surface area contributed by atoms with Gasteiger partial charge in [0.25, 0.3) is 11.6 Å². The molecule has 186 valence electrons. The van der Waals surface area contributed by atoms with Gasteiger partial charge in [0, 0.05) is 23.3 Å². The number of nitro benzene ring substituents is 1. The van der Waals surface area contributed by atoms with E-state index in [0.717, 1.165) is 16.8 Å². The van der Waals surface area contributed by atoms with E-state index in [1.165, 1.54) is 44.7 Å². The smallest absolute Gasteiger partial charge is 0.343 e. The molecule has 0 saturated heterocycles. The van der Waals surface area contributed by atoms with E-state index >= 15 is 0 Å². The molecule has 0 aliphatic carbocycles. The number of nitrogens with one attached hydrogen (secondary N) is 1. The van der Waals surface area contributed by atoms with E-state index in [0.29, 0.717) is 17.1 Å². The summed E-state index contributed by atoms with van der Waals surface area (Å²) in [5.74, 6) is -0.208. The van der Waals surface area contributed by atoms with Gasteiger partial charge in [-0.05, 0) is 41.1 Å². The maximum Gasteiger partial charge on any atom is 0.343 e. The molecule has 0 unspecified atom stereocenters. The van der Waals surface area contributed by atoms with E-state index in [4.69, 9.17) is 14.2 Å². The predicted octanol–water partition coefficient (Wildman–Crippen LogP) is 4.75. The molecule has 0 fully saturated rings. The summed E-state index contributed by atoms with van der Waals surface area (Å²) in [6.45, 7) is 0. The molecule has 1 N–H and O–H groups in total. The molecule has 0 bridgehead atoms. The molecule has 0 saturated carbocycles. The summed E-state index contributed by atoms with van der Waals surface area (Å²) in [5, 5.41) is 16.6. The Morgan fingerprint density at radius 3 is 2.38 bits per heavy atom. The first-order chi connectivity index (χ1) is 17.9. The Morgan fingerprint density at radius 1 is 0.865 bits per heavy atom. The number of methoxy groups -OCH3 is 2. The van der Waals surface area contributed by atoms with Crippen molar-refractivity contribution in [3.05, 3.63) is 106 Å². The van der Waals surface area contributed by atoms with Crippen molar-refractivity contribution in [2.45, 2.75) is 0 Å². The van der Waals surface area contributed by atoms with Crippen LogP contribution in [-0.2, 0) is 0 Å². The molecule has 0 heterocycles. The summed E-state index contributed by atoms with van der Waals surface area (Å²) in [5.41, 5.74) is 2.91. The molecule has 0 aliphatic rings. The Bertz CT molecular complexity index is 1530.